The minimum Gasteiger partial charge on any atom is -0.299 e. The monoisotopic (exact) mass is 196 g/mol. The summed E-state index contributed by atoms with van der Waals surface area (Å²) in [5.41, 5.74) is 0.989. The molecule has 0 aromatic carbocycles. The fraction of sp³-hybridized carbons (Fsp3) is 0.769. The van der Waals surface area contributed by atoms with Gasteiger partial charge in [0.05, 0.1) is 0 Å². The molecule has 1 unspecified atom stereocenters. The Balaban J connectivity index is 3.49. The van der Waals surface area contributed by atoms with Gasteiger partial charge in [-0.3, -0.25) is 4.79 Å². The maximum absolute atomic E-state index is 11.6. The standard InChI is InChI=1S/C13H24O/c1-5-6-7-8-9-10-13(14)12(4)11(2)3/h12H,2,5-10H2,1,3-4H3. The van der Waals surface area contributed by atoms with Crippen LogP contribution < -0.4 is 0 Å². The Labute approximate surface area is 88.6 Å². The highest BCUT2D eigenvalue weighted by Crippen LogP contribution is 2.13. The number of allylic oxidation sites excluding steroid dienone is 1. The highest BCUT2D eigenvalue weighted by atomic mass is 16.1. The fourth-order valence-electron chi connectivity index (χ4n) is 1.39. The van der Waals surface area contributed by atoms with Crippen LogP contribution >= 0.6 is 0 Å². The number of carbonyl (C=O) groups excluding carboxylic acids is 1. The molecule has 0 rings (SSSR count). The first-order chi connectivity index (χ1) is 6.59. The van der Waals surface area contributed by atoms with Gasteiger partial charge < -0.3 is 0 Å². The lowest BCUT2D eigenvalue weighted by atomic mass is 9.95. The third-order valence-corrected chi connectivity index (χ3v) is 2.75. The molecule has 1 nitrogen and oxygen atoms in total. The van der Waals surface area contributed by atoms with Crippen LogP contribution in [0.4, 0.5) is 0 Å². The lowest BCUT2D eigenvalue weighted by molar-refractivity contribution is -0.121. The van der Waals surface area contributed by atoms with Crippen molar-refractivity contribution >= 4 is 5.78 Å². The van der Waals surface area contributed by atoms with E-state index in [0.29, 0.717) is 5.78 Å². The SMILES string of the molecule is C=C(C)C(C)C(=O)CCCCCCC. The maximum Gasteiger partial charge on any atom is 0.139 e. The lowest BCUT2D eigenvalue weighted by Crippen LogP contribution is -2.11. The van der Waals surface area contributed by atoms with Crippen LogP contribution in [-0.2, 0) is 4.79 Å². The summed E-state index contributed by atoms with van der Waals surface area (Å²) in [6.07, 6.45) is 6.81. The number of ketones is 1. The van der Waals surface area contributed by atoms with Crippen LogP contribution in [0, 0.1) is 5.92 Å². The van der Waals surface area contributed by atoms with E-state index >= 15 is 0 Å². The molecule has 14 heavy (non-hydrogen) atoms. The van der Waals surface area contributed by atoms with Crippen molar-refractivity contribution in [1.82, 2.24) is 0 Å². The van der Waals surface area contributed by atoms with Crippen molar-refractivity contribution in [1.29, 1.82) is 0 Å². The van der Waals surface area contributed by atoms with E-state index in [1.54, 1.807) is 0 Å². The summed E-state index contributed by atoms with van der Waals surface area (Å²) in [4.78, 5) is 11.6. The average molecular weight is 196 g/mol. The molecule has 0 radical (unpaired) electrons. The van der Waals surface area contributed by atoms with E-state index in [1.807, 2.05) is 13.8 Å². The van der Waals surface area contributed by atoms with E-state index in [0.717, 1.165) is 18.4 Å². The predicted molar refractivity (Wildman–Crippen MR) is 62.4 cm³/mol. The average Bonchev–Trinajstić information content (AvgIpc) is 2.16. The summed E-state index contributed by atoms with van der Waals surface area (Å²) in [7, 11) is 0. The van der Waals surface area contributed by atoms with Crippen molar-refractivity contribution in [2.75, 3.05) is 0 Å². The van der Waals surface area contributed by atoms with Crippen LogP contribution in [0.1, 0.15) is 59.3 Å². The van der Waals surface area contributed by atoms with Crippen molar-refractivity contribution in [3.63, 3.8) is 0 Å². The summed E-state index contributed by atoms with van der Waals surface area (Å²) >= 11 is 0. The van der Waals surface area contributed by atoms with Gasteiger partial charge in [-0.05, 0) is 13.3 Å². The van der Waals surface area contributed by atoms with E-state index in [2.05, 4.69) is 13.5 Å². The molecule has 0 aromatic rings. The Hall–Kier alpha value is -0.590. The van der Waals surface area contributed by atoms with Gasteiger partial charge in [0.15, 0.2) is 0 Å². The normalized spacial score (nSPS) is 12.5. The molecule has 0 heterocycles. The van der Waals surface area contributed by atoms with E-state index in [1.165, 1.54) is 25.7 Å². The molecule has 0 aliphatic heterocycles. The van der Waals surface area contributed by atoms with Crippen molar-refractivity contribution in [2.24, 2.45) is 5.92 Å². The van der Waals surface area contributed by atoms with Crippen molar-refractivity contribution < 1.29 is 4.79 Å². The summed E-state index contributed by atoms with van der Waals surface area (Å²) in [6.45, 7) is 9.90. The highest BCUT2D eigenvalue weighted by molar-refractivity contribution is 5.83. The third kappa shape index (κ3) is 5.95. The smallest absolute Gasteiger partial charge is 0.139 e. The Morgan fingerprint density at radius 3 is 2.29 bits per heavy atom. The van der Waals surface area contributed by atoms with Gasteiger partial charge in [0.25, 0.3) is 0 Å². The van der Waals surface area contributed by atoms with E-state index in [9.17, 15) is 4.79 Å². The molecule has 0 bridgehead atoms. The number of unbranched alkanes of at least 4 members (excludes halogenated alkanes) is 4. The number of carbonyl (C=O) groups is 1. The Morgan fingerprint density at radius 2 is 1.79 bits per heavy atom. The topological polar surface area (TPSA) is 17.1 Å². The van der Waals surface area contributed by atoms with Gasteiger partial charge in [-0.25, -0.2) is 0 Å². The second-order valence-electron chi connectivity index (χ2n) is 4.20. The third-order valence-electron chi connectivity index (χ3n) is 2.75. The molecule has 1 atom stereocenters. The second-order valence-corrected chi connectivity index (χ2v) is 4.20. The first kappa shape index (κ1) is 13.4. The molecular weight excluding hydrogens is 172 g/mol. The van der Waals surface area contributed by atoms with E-state index < -0.39 is 0 Å². The summed E-state index contributed by atoms with van der Waals surface area (Å²) in [5, 5.41) is 0. The number of Topliss-reactive ketones (excluding diaryl/α,β-unsaturated/α-hetero) is 1. The van der Waals surface area contributed by atoms with Crippen LogP contribution in [0.2, 0.25) is 0 Å². The zero-order chi connectivity index (χ0) is 11.0. The first-order valence-corrected chi connectivity index (χ1v) is 5.77. The zero-order valence-corrected chi connectivity index (χ0v) is 9.94. The number of hydrogen-bond acceptors (Lipinski definition) is 1. The van der Waals surface area contributed by atoms with Gasteiger partial charge >= 0.3 is 0 Å². The fourth-order valence-corrected chi connectivity index (χ4v) is 1.39. The van der Waals surface area contributed by atoms with Crippen molar-refractivity contribution in [2.45, 2.75) is 59.3 Å². The largest absolute Gasteiger partial charge is 0.299 e. The molecule has 0 saturated heterocycles. The quantitative estimate of drug-likeness (QED) is 0.421. The minimum absolute atomic E-state index is 0.0566. The molecule has 0 aliphatic carbocycles. The second kappa shape index (κ2) is 7.78. The van der Waals surface area contributed by atoms with Crippen LogP contribution in [0.3, 0.4) is 0 Å². The molecule has 0 spiro atoms. The predicted octanol–water partition coefficient (Wildman–Crippen LogP) is 4.13. The lowest BCUT2D eigenvalue weighted by Gasteiger charge is -2.09. The zero-order valence-electron chi connectivity index (χ0n) is 9.94. The first-order valence-electron chi connectivity index (χ1n) is 5.77. The van der Waals surface area contributed by atoms with Gasteiger partial charge in [-0.15, -0.1) is 0 Å². The number of rotatable bonds is 8. The van der Waals surface area contributed by atoms with Gasteiger partial charge in [0, 0.05) is 12.3 Å². The molecule has 0 amide bonds. The van der Waals surface area contributed by atoms with Crippen LogP contribution in [0.25, 0.3) is 0 Å². The Kier molecular flexibility index (Phi) is 7.45. The van der Waals surface area contributed by atoms with Gasteiger partial charge in [-0.1, -0.05) is 51.7 Å². The van der Waals surface area contributed by atoms with Crippen LogP contribution in [-0.4, -0.2) is 5.78 Å². The summed E-state index contributed by atoms with van der Waals surface area (Å²) < 4.78 is 0. The highest BCUT2D eigenvalue weighted by Gasteiger charge is 2.12. The van der Waals surface area contributed by atoms with E-state index in [4.69, 9.17) is 0 Å². The Morgan fingerprint density at radius 1 is 1.21 bits per heavy atom. The van der Waals surface area contributed by atoms with E-state index in [-0.39, 0.29) is 5.92 Å². The van der Waals surface area contributed by atoms with Crippen molar-refractivity contribution in [3.05, 3.63) is 12.2 Å². The summed E-state index contributed by atoms with van der Waals surface area (Å²) in [5.74, 6) is 0.412. The van der Waals surface area contributed by atoms with Crippen LogP contribution in [0.5, 0.6) is 0 Å². The molecule has 0 aromatic heterocycles. The van der Waals surface area contributed by atoms with Gasteiger partial charge in [0.2, 0.25) is 0 Å². The maximum atomic E-state index is 11.6. The molecule has 0 fully saturated rings. The summed E-state index contributed by atoms with van der Waals surface area (Å²) in [6, 6.07) is 0. The molecule has 1 heteroatoms. The van der Waals surface area contributed by atoms with Crippen LogP contribution in [0.15, 0.2) is 12.2 Å². The molecular formula is C13H24O. The molecule has 0 N–H and O–H groups in total. The van der Waals surface area contributed by atoms with Gasteiger partial charge in [0.1, 0.15) is 5.78 Å². The van der Waals surface area contributed by atoms with Crippen molar-refractivity contribution in [3.8, 4) is 0 Å². The van der Waals surface area contributed by atoms with Gasteiger partial charge in [-0.2, -0.15) is 0 Å². The molecule has 82 valence electrons. The number of hydrogen-bond donors (Lipinski definition) is 0. The minimum atomic E-state index is 0.0566. The Bertz CT molecular complexity index is 182. The molecule has 0 aliphatic rings. The molecule has 0 saturated carbocycles.